The second-order valence-corrected chi connectivity index (χ2v) is 5.82. The van der Waals surface area contributed by atoms with Gasteiger partial charge >= 0.3 is 63.4 Å². The maximum absolute atomic E-state index is 10.6. The van der Waals surface area contributed by atoms with E-state index in [1.165, 1.54) is 51.4 Å². The summed E-state index contributed by atoms with van der Waals surface area (Å²) in [6.45, 7) is 2.23. The number of hydrogen-bond acceptors (Lipinski definition) is 3. The average molecular weight is 342 g/mol. The molecule has 0 saturated carbocycles. The van der Waals surface area contributed by atoms with Gasteiger partial charge in [-0.3, -0.25) is 10.1 Å². The van der Waals surface area contributed by atoms with E-state index >= 15 is 0 Å². The fraction of sp³-hybridized carbons (Fsp3) is 0.938. The first-order chi connectivity index (χ1) is 10.1. The van der Waals surface area contributed by atoms with Gasteiger partial charge in [-0.1, -0.05) is 77.6 Å². The molecule has 1 N–H and O–H groups in total. The Bertz CT molecular complexity index is 273. The number of carboxylic acid groups (broad SMARTS) is 1. The van der Waals surface area contributed by atoms with Gasteiger partial charge in [0.1, 0.15) is 0 Å². The molecule has 0 saturated heterocycles. The van der Waals surface area contributed by atoms with Crippen molar-refractivity contribution in [3.05, 3.63) is 10.1 Å². The molecule has 0 bridgehead atoms. The fourth-order valence-electron chi connectivity index (χ4n) is 2.50. The van der Waals surface area contributed by atoms with Gasteiger partial charge < -0.3 is 5.11 Å². The van der Waals surface area contributed by atoms with Gasteiger partial charge in [-0.2, -0.15) is 0 Å². The number of carboxylic acids is 1. The molecule has 0 aliphatic heterocycles. The molecule has 1 unspecified atom stereocenters. The standard InChI is InChI=1S/C16H31NO4.K.H/c1-2-3-4-5-6-7-8-9-10-11-12-13-14-15(16(18)19)17(20)21;;/h15H,2-14H2,1H3,(H,18,19);;. The number of aliphatic carboxylic acids is 1. The Balaban J connectivity index is 0. The molecule has 22 heavy (non-hydrogen) atoms. The molecule has 126 valence electrons. The molecule has 0 rings (SSSR count). The van der Waals surface area contributed by atoms with Crippen LogP contribution in [0.15, 0.2) is 0 Å². The Hall–Kier alpha value is 0.506. The molecule has 5 nitrogen and oxygen atoms in total. The van der Waals surface area contributed by atoms with Crippen LogP contribution in [0.1, 0.15) is 90.4 Å². The molecule has 0 aromatic rings. The van der Waals surface area contributed by atoms with Crippen molar-refractivity contribution in [2.24, 2.45) is 0 Å². The Morgan fingerprint density at radius 1 is 0.909 bits per heavy atom. The van der Waals surface area contributed by atoms with Crippen LogP contribution in [0.2, 0.25) is 0 Å². The van der Waals surface area contributed by atoms with Crippen molar-refractivity contribution in [1.82, 2.24) is 0 Å². The first kappa shape index (κ1) is 24.8. The van der Waals surface area contributed by atoms with E-state index in [1.54, 1.807) is 0 Å². The SMILES string of the molecule is CCCCCCCCCCCCCCC(C(=O)O)[N+](=O)[O-].[KH]. The van der Waals surface area contributed by atoms with Crippen LogP contribution in [0.5, 0.6) is 0 Å². The van der Waals surface area contributed by atoms with E-state index < -0.39 is 16.9 Å². The number of nitro groups is 1. The van der Waals surface area contributed by atoms with Crippen molar-refractivity contribution in [1.29, 1.82) is 0 Å². The topological polar surface area (TPSA) is 80.4 Å². The quantitative estimate of drug-likeness (QED) is 0.210. The van der Waals surface area contributed by atoms with E-state index in [0.29, 0.717) is 6.42 Å². The summed E-state index contributed by atoms with van der Waals surface area (Å²) in [5.41, 5.74) is 0. The van der Waals surface area contributed by atoms with Gasteiger partial charge in [0, 0.05) is 11.3 Å². The van der Waals surface area contributed by atoms with Crippen LogP contribution in [-0.4, -0.2) is 73.4 Å². The van der Waals surface area contributed by atoms with Crippen LogP contribution in [0.25, 0.3) is 0 Å². The van der Waals surface area contributed by atoms with Crippen molar-refractivity contribution in [3.63, 3.8) is 0 Å². The zero-order valence-corrected chi connectivity index (χ0v) is 13.4. The molecule has 0 aliphatic carbocycles. The zero-order chi connectivity index (χ0) is 15.9. The molecule has 0 aromatic carbocycles. The summed E-state index contributed by atoms with van der Waals surface area (Å²) < 4.78 is 0. The third kappa shape index (κ3) is 15.4. The Morgan fingerprint density at radius 2 is 1.27 bits per heavy atom. The average Bonchev–Trinajstić information content (AvgIpc) is 2.43. The number of hydrogen-bond donors (Lipinski definition) is 1. The van der Waals surface area contributed by atoms with Gasteiger partial charge in [0.05, 0.1) is 0 Å². The predicted molar refractivity (Wildman–Crippen MR) is 91.3 cm³/mol. The summed E-state index contributed by atoms with van der Waals surface area (Å²) >= 11 is 0. The second-order valence-electron chi connectivity index (χ2n) is 5.82. The number of rotatable bonds is 15. The van der Waals surface area contributed by atoms with Crippen molar-refractivity contribution in [2.75, 3.05) is 0 Å². The van der Waals surface area contributed by atoms with Crippen LogP contribution in [0.3, 0.4) is 0 Å². The Kier molecular flexibility index (Phi) is 20.1. The third-order valence-corrected chi connectivity index (χ3v) is 3.87. The zero-order valence-electron chi connectivity index (χ0n) is 13.4. The van der Waals surface area contributed by atoms with Crippen LogP contribution in [-0.2, 0) is 4.79 Å². The summed E-state index contributed by atoms with van der Waals surface area (Å²) in [5.74, 6) is -1.32. The molecular formula is C16H32KNO4. The monoisotopic (exact) mass is 341 g/mol. The van der Waals surface area contributed by atoms with E-state index in [4.69, 9.17) is 5.11 Å². The van der Waals surface area contributed by atoms with Crippen molar-refractivity contribution >= 4 is 57.4 Å². The summed E-state index contributed by atoms with van der Waals surface area (Å²) in [6.07, 6.45) is 14.4. The molecule has 1 atom stereocenters. The fourth-order valence-corrected chi connectivity index (χ4v) is 2.50. The third-order valence-electron chi connectivity index (χ3n) is 3.87. The summed E-state index contributed by atoms with van der Waals surface area (Å²) in [7, 11) is 0. The van der Waals surface area contributed by atoms with Gasteiger partial charge in [-0.05, 0) is 6.42 Å². The van der Waals surface area contributed by atoms with Gasteiger partial charge in [0.2, 0.25) is 0 Å². The van der Waals surface area contributed by atoms with E-state index in [-0.39, 0.29) is 57.8 Å². The molecule has 0 spiro atoms. The summed E-state index contributed by atoms with van der Waals surface area (Å²) in [6, 6.07) is -1.42. The molecule has 0 amide bonds. The predicted octanol–water partition coefficient (Wildman–Crippen LogP) is 4.16. The van der Waals surface area contributed by atoms with Gasteiger partial charge in [0.25, 0.3) is 0 Å². The minimum atomic E-state index is -1.42. The van der Waals surface area contributed by atoms with E-state index in [2.05, 4.69) is 6.92 Å². The molecule has 6 heteroatoms. The minimum absolute atomic E-state index is 0. The second kappa shape index (κ2) is 17.9. The summed E-state index contributed by atoms with van der Waals surface area (Å²) in [4.78, 5) is 20.4. The first-order valence-corrected chi connectivity index (χ1v) is 8.46. The van der Waals surface area contributed by atoms with Crippen LogP contribution < -0.4 is 0 Å². The number of nitrogens with zero attached hydrogens (tertiary/aromatic N) is 1. The molecule has 0 aromatic heterocycles. The van der Waals surface area contributed by atoms with Crippen molar-refractivity contribution in [2.45, 2.75) is 96.4 Å². The number of carbonyl (C=O) groups is 1. The summed E-state index contributed by atoms with van der Waals surface area (Å²) in [5, 5.41) is 19.2. The maximum atomic E-state index is 10.6. The van der Waals surface area contributed by atoms with Crippen molar-refractivity contribution in [3.8, 4) is 0 Å². The normalized spacial score (nSPS) is 11.7. The van der Waals surface area contributed by atoms with Crippen LogP contribution in [0, 0.1) is 10.1 Å². The number of unbranched alkanes of at least 4 members (excludes halogenated alkanes) is 11. The van der Waals surface area contributed by atoms with Crippen molar-refractivity contribution < 1.29 is 14.8 Å². The Morgan fingerprint density at radius 3 is 1.59 bits per heavy atom. The van der Waals surface area contributed by atoms with E-state index in [9.17, 15) is 14.9 Å². The van der Waals surface area contributed by atoms with E-state index in [0.717, 1.165) is 19.3 Å². The molecular weight excluding hydrogens is 309 g/mol. The molecule has 0 radical (unpaired) electrons. The van der Waals surface area contributed by atoms with Gasteiger partial charge in [-0.15, -0.1) is 0 Å². The first-order valence-electron chi connectivity index (χ1n) is 8.46. The van der Waals surface area contributed by atoms with Crippen LogP contribution in [0.4, 0.5) is 0 Å². The molecule has 0 fully saturated rings. The molecule has 0 heterocycles. The van der Waals surface area contributed by atoms with Gasteiger partial charge in [-0.25, -0.2) is 4.79 Å². The Labute approximate surface area is 177 Å². The van der Waals surface area contributed by atoms with Crippen LogP contribution >= 0.6 is 0 Å². The van der Waals surface area contributed by atoms with E-state index in [1.807, 2.05) is 0 Å². The van der Waals surface area contributed by atoms with Gasteiger partial charge in [0.15, 0.2) is 0 Å². The molecule has 0 aliphatic rings.